The second-order valence-corrected chi connectivity index (χ2v) is 5.37. The molecular weight excluding hydrogens is 260 g/mol. The molecule has 3 heteroatoms. The van der Waals surface area contributed by atoms with Gasteiger partial charge in [0.15, 0.2) is 0 Å². The normalized spacial score (nSPS) is 10.4. The molecule has 0 fully saturated rings. The topological polar surface area (TPSA) is 46.3 Å². The summed E-state index contributed by atoms with van der Waals surface area (Å²) in [6.07, 6.45) is 0.894. The lowest BCUT2D eigenvalue weighted by Crippen LogP contribution is -2.32. The highest BCUT2D eigenvalue weighted by Gasteiger charge is 2.18. The third-order valence-corrected chi connectivity index (χ3v) is 3.49. The minimum Gasteiger partial charge on any atom is -0.399 e. The summed E-state index contributed by atoms with van der Waals surface area (Å²) in [5.41, 5.74) is 10.3. The summed E-state index contributed by atoms with van der Waals surface area (Å²) in [6, 6.07) is 13.4. The molecule has 0 atom stereocenters. The number of carbonyl (C=O) groups excluding carboxylic acids is 1. The number of rotatable bonds is 4. The summed E-state index contributed by atoms with van der Waals surface area (Å²) < 4.78 is 0. The molecule has 21 heavy (non-hydrogen) atoms. The van der Waals surface area contributed by atoms with E-state index < -0.39 is 0 Å². The van der Waals surface area contributed by atoms with Crippen molar-refractivity contribution in [3.05, 3.63) is 59.2 Å². The highest BCUT2D eigenvalue weighted by Crippen LogP contribution is 2.22. The van der Waals surface area contributed by atoms with Crippen molar-refractivity contribution in [2.75, 3.05) is 17.2 Å². The Hall–Kier alpha value is -2.29. The number of carbonyl (C=O) groups is 1. The first-order valence-electron chi connectivity index (χ1n) is 7.27. The van der Waals surface area contributed by atoms with Crippen molar-refractivity contribution >= 4 is 17.3 Å². The number of aryl methyl sites for hydroxylation is 2. The Kier molecular flexibility index (Phi) is 4.63. The molecule has 0 aliphatic carbocycles. The van der Waals surface area contributed by atoms with Crippen LogP contribution in [0, 0.1) is 13.8 Å². The molecule has 0 aromatic heterocycles. The van der Waals surface area contributed by atoms with Crippen molar-refractivity contribution in [1.82, 2.24) is 0 Å². The molecule has 1 amide bonds. The predicted molar refractivity (Wildman–Crippen MR) is 88.7 cm³/mol. The van der Waals surface area contributed by atoms with E-state index in [0.29, 0.717) is 12.2 Å². The standard InChI is InChI=1S/C18H22N2O/c1-4-10-20(16-7-5-6-15(19)12-16)18(21)17-9-8-13(2)11-14(17)3/h5-9,11-12H,4,10,19H2,1-3H3. The van der Waals surface area contributed by atoms with Crippen molar-refractivity contribution in [1.29, 1.82) is 0 Å². The SMILES string of the molecule is CCCN(C(=O)c1ccc(C)cc1C)c1cccc(N)c1. The van der Waals surface area contributed by atoms with E-state index in [0.717, 1.165) is 28.8 Å². The molecule has 110 valence electrons. The molecule has 0 saturated heterocycles. The molecule has 2 rings (SSSR count). The van der Waals surface area contributed by atoms with Crippen LogP contribution in [0.3, 0.4) is 0 Å². The number of nitrogens with two attached hydrogens (primary N) is 1. The number of amides is 1. The summed E-state index contributed by atoms with van der Waals surface area (Å²) in [5.74, 6) is 0.0277. The van der Waals surface area contributed by atoms with Gasteiger partial charge < -0.3 is 10.6 Å². The Bertz CT molecular complexity index is 649. The molecule has 0 aliphatic rings. The number of hydrogen-bond acceptors (Lipinski definition) is 2. The highest BCUT2D eigenvalue weighted by molar-refractivity contribution is 6.07. The summed E-state index contributed by atoms with van der Waals surface area (Å²) in [6.45, 7) is 6.75. The van der Waals surface area contributed by atoms with Gasteiger partial charge in [0.25, 0.3) is 5.91 Å². The van der Waals surface area contributed by atoms with Gasteiger partial charge in [-0.25, -0.2) is 0 Å². The van der Waals surface area contributed by atoms with Crippen LogP contribution in [0.5, 0.6) is 0 Å². The van der Waals surface area contributed by atoms with E-state index in [1.807, 2.05) is 56.3 Å². The maximum Gasteiger partial charge on any atom is 0.258 e. The Morgan fingerprint density at radius 2 is 1.90 bits per heavy atom. The van der Waals surface area contributed by atoms with Crippen LogP contribution in [0.2, 0.25) is 0 Å². The van der Waals surface area contributed by atoms with Crippen LogP contribution in [0.25, 0.3) is 0 Å². The summed E-state index contributed by atoms with van der Waals surface area (Å²) in [4.78, 5) is 14.7. The fourth-order valence-corrected chi connectivity index (χ4v) is 2.46. The van der Waals surface area contributed by atoms with Gasteiger partial charge in [0.05, 0.1) is 0 Å². The molecule has 0 aliphatic heterocycles. The number of nitrogens with zero attached hydrogens (tertiary/aromatic N) is 1. The van der Waals surface area contributed by atoms with Crippen LogP contribution in [0.1, 0.15) is 34.8 Å². The second kappa shape index (κ2) is 6.44. The maximum absolute atomic E-state index is 12.9. The van der Waals surface area contributed by atoms with E-state index >= 15 is 0 Å². The minimum atomic E-state index is 0.0277. The summed E-state index contributed by atoms with van der Waals surface area (Å²) >= 11 is 0. The average molecular weight is 282 g/mol. The van der Waals surface area contributed by atoms with Gasteiger partial charge in [0, 0.05) is 23.5 Å². The lowest BCUT2D eigenvalue weighted by Gasteiger charge is -2.23. The fraction of sp³-hybridized carbons (Fsp3) is 0.278. The Morgan fingerprint density at radius 3 is 2.52 bits per heavy atom. The molecule has 0 saturated carbocycles. The molecular formula is C18H22N2O. The molecule has 0 spiro atoms. The van der Waals surface area contributed by atoms with E-state index in [2.05, 4.69) is 6.92 Å². The Balaban J connectivity index is 2.40. The van der Waals surface area contributed by atoms with E-state index in [4.69, 9.17) is 5.73 Å². The van der Waals surface area contributed by atoms with Crippen LogP contribution in [-0.2, 0) is 0 Å². The number of hydrogen-bond donors (Lipinski definition) is 1. The molecule has 2 aromatic carbocycles. The zero-order valence-corrected chi connectivity index (χ0v) is 12.9. The Morgan fingerprint density at radius 1 is 1.14 bits per heavy atom. The van der Waals surface area contributed by atoms with E-state index in [1.165, 1.54) is 0 Å². The third-order valence-electron chi connectivity index (χ3n) is 3.49. The molecule has 2 aromatic rings. The summed E-state index contributed by atoms with van der Waals surface area (Å²) in [7, 11) is 0. The van der Waals surface area contributed by atoms with Gasteiger partial charge in [0.2, 0.25) is 0 Å². The molecule has 3 nitrogen and oxygen atoms in total. The highest BCUT2D eigenvalue weighted by atomic mass is 16.2. The van der Waals surface area contributed by atoms with Crippen molar-refractivity contribution in [3.63, 3.8) is 0 Å². The molecule has 2 N–H and O–H groups in total. The second-order valence-electron chi connectivity index (χ2n) is 5.37. The molecule has 0 unspecified atom stereocenters. The maximum atomic E-state index is 12.9. The Labute approximate surface area is 126 Å². The summed E-state index contributed by atoms with van der Waals surface area (Å²) in [5, 5.41) is 0. The first kappa shape index (κ1) is 15.1. The van der Waals surface area contributed by atoms with Crippen LogP contribution < -0.4 is 10.6 Å². The van der Waals surface area contributed by atoms with Gasteiger partial charge in [-0.1, -0.05) is 30.7 Å². The largest absolute Gasteiger partial charge is 0.399 e. The van der Waals surface area contributed by atoms with Crippen molar-refractivity contribution in [3.8, 4) is 0 Å². The average Bonchev–Trinajstić information content (AvgIpc) is 2.44. The molecule has 0 heterocycles. The van der Waals surface area contributed by atoms with Crippen molar-refractivity contribution in [2.45, 2.75) is 27.2 Å². The third kappa shape index (κ3) is 3.43. The van der Waals surface area contributed by atoms with Gasteiger partial charge in [-0.15, -0.1) is 0 Å². The van der Waals surface area contributed by atoms with Gasteiger partial charge in [-0.3, -0.25) is 4.79 Å². The first-order valence-corrected chi connectivity index (χ1v) is 7.27. The van der Waals surface area contributed by atoms with Gasteiger partial charge in [-0.05, 0) is 50.1 Å². The van der Waals surface area contributed by atoms with Crippen LogP contribution in [-0.4, -0.2) is 12.5 Å². The number of nitrogen functional groups attached to an aromatic ring is 1. The van der Waals surface area contributed by atoms with Crippen molar-refractivity contribution in [2.24, 2.45) is 0 Å². The van der Waals surface area contributed by atoms with Gasteiger partial charge in [0.1, 0.15) is 0 Å². The smallest absolute Gasteiger partial charge is 0.258 e. The zero-order valence-electron chi connectivity index (χ0n) is 12.9. The van der Waals surface area contributed by atoms with E-state index in [-0.39, 0.29) is 5.91 Å². The fourth-order valence-electron chi connectivity index (χ4n) is 2.46. The van der Waals surface area contributed by atoms with E-state index in [1.54, 1.807) is 4.90 Å². The number of anilines is 2. The predicted octanol–water partition coefficient (Wildman–Crippen LogP) is 3.94. The minimum absolute atomic E-state index is 0.0277. The lowest BCUT2D eigenvalue weighted by atomic mass is 10.0. The zero-order chi connectivity index (χ0) is 15.4. The van der Waals surface area contributed by atoms with Crippen LogP contribution in [0.4, 0.5) is 11.4 Å². The lowest BCUT2D eigenvalue weighted by molar-refractivity contribution is 0.0986. The van der Waals surface area contributed by atoms with Crippen LogP contribution >= 0.6 is 0 Å². The molecule has 0 radical (unpaired) electrons. The first-order chi connectivity index (χ1) is 10.0. The van der Waals surface area contributed by atoms with Gasteiger partial charge >= 0.3 is 0 Å². The van der Waals surface area contributed by atoms with Crippen LogP contribution in [0.15, 0.2) is 42.5 Å². The number of benzene rings is 2. The quantitative estimate of drug-likeness (QED) is 0.863. The monoisotopic (exact) mass is 282 g/mol. The van der Waals surface area contributed by atoms with Crippen molar-refractivity contribution < 1.29 is 4.79 Å². The van der Waals surface area contributed by atoms with E-state index in [9.17, 15) is 4.79 Å². The molecule has 0 bridgehead atoms. The van der Waals surface area contributed by atoms with Gasteiger partial charge in [-0.2, -0.15) is 0 Å².